The van der Waals surface area contributed by atoms with Gasteiger partial charge in [-0.1, -0.05) is 40.0 Å². The molecule has 1 radical (unpaired) electrons. The van der Waals surface area contributed by atoms with Crippen LogP contribution in [0.2, 0.25) is 0 Å². The molecule has 1 rings (SSSR count). The van der Waals surface area contributed by atoms with E-state index < -0.39 is 39.4 Å². The SMILES string of the molecule is CC(C(=O)O)C(C)C(=O)O.CCCCCCOc1cc(F)cc(S(C)(=O)=O)c1.[Y]. The number of rotatable bonds is 10. The van der Waals surface area contributed by atoms with E-state index in [1.165, 1.54) is 26.0 Å². The van der Waals surface area contributed by atoms with Crippen molar-refractivity contribution in [1.29, 1.82) is 0 Å². The van der Waals surface area contributed by atoms with Crippen molar-refractivity contribution in [3.63, 3.8) is 0 Å². The normalized spacial score (nSPS) is 12.6. The molecule has 0 spiro atoms. The Hall–Kier alpha value is -1.06. The Bertz CT molecular complexity index is 735. The molecule has 10 heteroatoms. The van der Waals surface area contributed by atoms with Crippen LogP contribution in [0.3, 0.4) is 0 Å². The van der Waals surface area contributed by atoms with Crippen molar-refractivity contribution in [2.45, 2.75) is 51.3 Å². The van der Waals surface area contributed by atoms with Crippen molar-refractivity contribution in [3.8, 4) is 5.75 Å². The van der Waals surface area contributed by atoms with E-state index in [0.717, 1.165) is 38.0 Å². The largest absolute Gasteiger partial charge is 0.493 e. The van der Waals surface area contributed by atoms with Crippen LogP contribution in [0.5, 0.6) is 5.75 Å². The summed E-state index contributed by atoms with van der Waals surface area (Å²) in [6.45, 7) is 5.35. The number of carboxylic acid groups (broad SMARTS) is 2. The van der Waals surface area contributed by atoms with Crippen LogP contribution >= 0.6 is 0 Å². The third-order valence-corrected chi connectivity index (χ3v) is 5.16. The van der Waals surface area contributed by atoms with Gasteiger partial charge in [0.15, 0.2) is 9.84 Å². The summed E-state index contributed by atoms with van der Waals surface area (Å²) >= 11 is 0. The van der Waals surface area contributed by atoms with E-state index in [1.807, 2.05) is 0 Å². The van der Waals surface area contributed by atoms with Crippen LogP contribution in [-0.4, -0.2) is 43.4 Å². The first-order valence-electron chi connectivity index (χ1n) is 8.99. The minimum absolute atomic E-state index is 0. The zero-order chi connectivity index (χ0) is 21.9. The van der Waals surface area contributed by atoms with Gasteiger partial charge >= 0.3 is 11.9 Å². The fraction of sp³-hybridized carbons (Fsp3) is 0.579. The molecule has 2 N–H and O–H groups in total. The number of halogens is 1. The molecule has 1 aromatic rings. The molecule has 29 heavy (non-hydrogen) atoms. The molecule has 2 atom stereocenters. The first-order chi connectivity index (χ1) is 12.9. The number of carboxylic acids is 2. The first-order valence-corrected chi connectivity index (χ1v) is 10.9. The van der Waals surface area contributed by atoms with Gasteiger partial charge in [0.2, 0.25) is 0 Å². The van der Waals surface area contributed by atoms with E-state index in [-0.39, 0.29) is 43.4 Å². The second-order valence-corrected chi connectivity index (χ2v) is 8.57. The van der Waals surface area contributed by atoms with E-state index in [9.17, 15) is 22.4 Å². The van der Waals surface area contributed by atoms with Crippen molar-refractivity contribution >= 4 is 21.8 Å². The van der Waals surface area contributed by atoms with Crippen molar-refractivity contribution in [2.24, 2.45) is 11.8 Å². The van der Waals surface area contributed by atoms with Gasteiger partial charge in [0.25, 0.3) is 0 Å². The molecule has 1 aromatic carbocycles. The third-order valence-electron chi connectivity index (χ3n) is 4.07. The van der Waals surface area contributed by atoms with Crippen molar-refractivity contribution in [2.75, 3.05) is 12.9 Å². The van der Waals surface area contributed by atoms with Gasteiger partial charge in [-0.15, -0.1) is 0 Å². The van der Waals surface area contributed by atoms with Gasteiger partial charge in [-0.05, 0) is 18.6 Å². The number of unbranched alkanes of at least 4 members (excludes halogenated alkanes) is 3. The predicted molar refractivity (Wildman–Crippen MR) is 103 cm³/mol. The van der Waals surface area contributed by atoms with Gasteiger partial charge < -0.3 is 14.9 Å². The van der Waals surface area contributed by atoms with Gasteiger partial charge in [0.05, 0.1) is 23.3 Å². The molecule has 0 fully saturated rings. The monoisotopic (exact) mass is 509 g/mol. The summed E-state index contributed by atoms with van der Waals surface area (Å²) in [4.78, 5) is 20.3. The van der Waals surface area contributed by atoms with Crippen molar-refractivity contribution in [1.82, 2.24) is 0 Å². The summed E-state index contributed by atoms with van der Waals surface area (Å²) in [5.74, 6) is -4.12. The fourth-order valence-electron chi connectivity index (χ4n) is 1.98. The summed E-state index contributed by atoms with van der Waals surface area (Å²) in [6, 6.07) is 3.56. The van der Waals surface area contributed by atoms with Gasteiger partial charge in [0.1, 0.15) is 11.6 Å². The second-order valence-electron chi connectivity index (χ2n) is 6.56. The molecule has 0 aliphatic heterocycles. The Labute approximate surface area is 196 Å². The molecule has 0 aromatic heterocycles. The van der Waals surface area contributed by atoms with Gasteiger partial charge in [-0.2, -0.15) is 0 Å². The molecular formula is C19H29FO7SY. The summed E-state index contributed by atoms with van der Waals surface area (Å²) in [5.41, 5.74) is 0. The van der Waals surface area contributed by atoms with Crippen LogP contribution in [0, 0.1) is 17.7 Å². The van der Waals surface area contributed by atoms with Crippen LogP contribution in [-0.2, 0) is 52.1 Å². The van der Waals surface area contributed by atoms with Crippen molar-refractivity contribution < 1.29 is 70.1 Å². The molecule has 0 saturated heterocycles. The first kappa shape index (κ1) is 30.1. The maximum atomic E-state index is 13.2. The summed E-state index contributed by atoms with van der Waals surface area (Å²) in [5, 5.41) is 16.7. The van der Waals surface area contributed by atoms with Crippen LogP contribution in [0.15, 0.2) is 23.1 Å². The Morgan fingerprint density at radius 2 is 1.55 bits per heavy atom. The van der Waals surface area contributed by atoms with E-state index in [1.54, 1.807) is 0 Å². The Morgan fingerprint density at radius 1 is 1.03 bits per heavy atom. The molecule has 0 aliphatic rings. The molecular weight excluding hydrogens is 480 g/mol. The van der Waals surface area contributed by atoms with E-state index in [0.29, 0.717) is 6.61 Å². The topological polar surface area (TPSA) is 118 Å². The molecule has 0 bridgehead atoms. The maximum absolute atomic E-state index is 13.2. The van der Waals surface area contributed by atoms with Gasteiger partial charge in [-0.25, -0.2) is 12.8 Å². The maximum Gasteiger partial charge on any atom is 0.307 e. The van der Waals surface area contributed by atoms with Crippen LogP contribution in [0.4, 0.5) is 4.39 Å². The van der Waals surface area contributed by atoms with Crippen LogP contribution in [0.1, 0.15) is 46.5 Å². The quantitative estimate of drug-likeness (QED) is 0.463. The summed E-state index contributed by atoms with van der Waals surface area (Å²) in [7, 11) is -3.41. The van der Waals surface area contributed by atoms with Crippen LogP contribution in [0.25, 0.3) is 0 Å². The Morgan fingerprint density at radius 3 is 1.97 bits per heavy atom. The van der Waals surface area contributed by atoms with E-state index >= 15 is 0 Å². The van der Waals surface area contributed by atoms with Gasteiger partial charge in [0, 0.05) is 45.0 Å². The van der Waals surface area contributed by atoms with Crippen molar-refractivity contribution in [3.05, 3.63) is 24.0 Å². The third kappa shape index (κ3) is 13.0. The minimum atomic E-state index is -3.41. The number of hydrogen-bond donors (Lipinski definition) is 2. The predicted octanol–water partition coefficient (Wildman–Crippen LogP) is 3.61. The number of ether oxygens (including phenoxy) is 1. The zero-order valence-electron chi connectivity index (χ0n) is 17.2. The summed E-state index contributed by atoms with van der Waals surface area (Å²) in [6.07, 6.45) is 5.27. The minimum Gasteiger partial charge on any atom is -0.493 e. The number of carbonyl (C=O) groups is 2. The van der Waals surface area contributed by atoms with Gasteiger partial charge in [-0.3, -0.25) is 9.59 Å². The standard InChI is InChI=1S/C13H19FO3S.C6H10O4.Y/c1-3-4-5-6-7-17-12-8-11(14)9-13(10-12)18(2,15)16;1-3(5(7)8)4(2)6(9)10;/h8-10H,3-7H2,1-2H3;3-4H,1-2H3,(H,7,8)(H,9,10);. The van der Waals surface area contributed by atoms with Crippen LogP contribution < -0.4 is 4.74 Å². The molecule has 0 aliphatic carbocycles. The molecule has 163 valence electrons. The number of aliphatic carboxylic acids is 2. The second kappa shape index (κ2) is 14.9. The number of benzene rings is 1. The molecule has 0 heterocycles. The smallest absolute Gasteiger partial charge is 0.307 e. The van der Waals surface area contributed by atoms with E-state index in [2.05, 4.69) is 6.92 Å². The Kier molecular flexibility index (Phi) is 15.4. The molecule has 7 nitrogen and oxygen atoms in total. The molecule has 0 saturated carbocycles. The van der Waals surface area contributed by atoms with E-state index in [4.69, 9.17) is 14.9 Å². The fourth-order valence-corrected chi connectivity index (χ4v) is 2.64. The Balaban J connectivity index is 0. The molecule has 0 amide bonds. The molecule has 2 unspecified atom stereocenters. The number of sulfone groups is 1. The average molecular weight is 509 g/mol. The average Bonchev–Trinajstić information content (AvgIpc) is 2.59. The zero-order valence-corrected chi connectivity index (χ0v) is 20.9. The number of hydrogen-bond acceptors (Lipinski definition) is 5. The summed E-state index contributed by atoms with van der Waals surface area (Å²) < 4.78 is 41.3.